The third kappa shape index (κ3) is 7.69. The lowest BCUT2D eigenvalue weighted by atomic mass is 9.96. The van der Waals surface area contributed by atoms with Crippen LogP contribution in [0.4, 0.5) is 10.1 Å². The maximum absolute atomic E-state index is 13.0. The highest BCUT2D eigenvalue weighted by molar-refractivity contribution is 9.10. The SMILES string of the molecule is C=CC(CCCCN(C(=O)CCC(=C)F)c1cncc(Br)c1)c1noc(C(C)(C)C)n1. The monoisotopic (exact) mass is 492 g/mol. The Bertz CT molecular complexity index is 907. The molecule has 1 atom stereocenters. The molecule has 0 N–H and O–H groups in total. The zero-order valence-electron chi connectivity index (χ0n) is 18.4. The summed E-state index contributed by atoms with van der Waals surface area (Å²) in [5.74, 6) is 0.552. The summed E-state index contributed by atoms with van der Waals surface area (Å²) in [6.07, 6.45) is 7.56. The van der Waals surface area contributed by atoms with Gasteiger partial charge in [-0.1, -0.05) is 45.0 Å². The van der Waals surface area contributed by atoms with Gasteiger partial charge in [-0.2, -0.15) is 4.98 Å². The van der Waals surface area contributed by atoms with E-state index in [1.54, 1.807) is 17.3 Å². The summed E-state index contributed by atoms with van der Waals surface area (Å²) in [6.45, 7) is 13.7. The summed E-state index contributed by atoms with van der Waals surface area (Å²) in [6, 6.07) is 1.83. The molecule has 0 fully saturated rings. The normalized spacial score (nSPS) is 12.4. The van der Waals surface area contributed by atoms with Crippen LogP contribution in [0.25, 0.3) is 0 Å². The van der Waals surface area contributed by atoms with Gasteiger partial charge in [0.15, 0.2) is 5.82 Å². The van der Waals surface area contributed by atoms with E-state index in [0.717, 1.165) is 23.7 Å². The Morgan fingerprint density at radius 1 is 1.32 bits per heavy atom. The maximum Gasteiger partial charge on any atom is 0.232 e. The fraction of sp³-hybridized carbons (Fsp3) is 0.478. The molecule has 0 bridgehead atoms. The third-order valence-electron chi connectivity index (χ3n) is 4.76. The minimum Gasteiger partial charge on any atom is -0.339 e. The van der Waals surface area contributed by atoms with Crippen LogP contribution in [0.1, 0.15) is 70.5 Å². The molecule has 2 aromatic rings. The highest BCUT2D eigenvalue weighted by Gasteiger charge is 2.24. The second kappa shape index (κ2) is 11.3. The standard InChI is InChI=1S/C23H30BrFN4O2/c1-6-17(21-27-22(31-28-21)23(3,4)5)9-7-8-12-29(20(30)11-10-16(2)25)19-13-18(24)14-26-15-19/h6,13-15,17H,1-2,7-12H2,3-5H3. The summed E-state index contributed by atoms with van der Waals surface area (Å²) in [5, 5.41) is 4.11. The fourth-order valence-corrected chi connectivity index (χ4v) is 3.35. The molecule has 8 heteroatoms. The first-order chi connectivity index (χ1) is 14.6. The maximum atomic E-state index is 13.0. The fourth-order valence-electron chi connectivity index (χ4n) is 3.00. The van der Waals surface area contributed by atoms with Gasteiger partial charge in [-0.3, -0.25) is 9.78 Å². The van der Waals surface area contributed by atoms with E-state index in [0.29, 0.717) is 23.9 Å². The van der Waals surface area contributed by atoms with Gasteiger partial charge >= 0.3 is 0 Å². The molecule has 31 heavy (non-hydrogen) atoms. The molecule has 0 saturated heterocycles. The van der Waals surface area contributed by atoms with Crippen LogP contribution in [-0.4, -0.2) is 27.6 Å². The highest BCUT2D eigenvalue weighted by atomic mass is 79.9. The number of anilines is 1. The molecule has 2 rings (SSSR count). The predicted octanol–water partition coefficient (Wildman–Crippen LogP) is 6.26. The van der Waals surface area contributed by atoms with Gasteiger partial charge in [0.25, 0.3) is 0 Å². The van der Waals surface area contributed by atoms with Gasteiger partial charge < -0.3 is 9.42 Å². The Morgan fingerprint density at radius 3 is 2.65 bits per heavy atom. The first kappa shape index (κ1) is 24.9. The average Bonchev–Trinajstić information content (AvgIpc) is 3.19. The first-order valence-electron chi connectivity index (χ1n) is 10.3. The van der Waals surface area contributed by atoms with Crippen LogP contribution >= 0.6 is 15.9 Å². The van der Waals surface area contributed by atoms with Crippen LogP contribution in [0.3, 0.4) is 0 Å². The average molecular weight is 493 g/mol. The number of hydrogen-bond acceptors (Lipinski definition) is 5. The lowest BCUT2D eigenvalue weighted by Crippen LogP contribution is -2.32. The van der Waals surface area contributed by atoms with Crippen molar-refractivity contribution < 1.29 is 13.7 Å². The number of allylic oxidation sites excluding steroid dienone is 2. The smallest absolute Gasteiger partial charge is 0.232 e. The van der Waals surface area contributed by atoms with Gasteiger partial charge in [-0.25, -0.2) is 4.39 Å². The molecule has 2 heterocycles. The lowest BCUT2D eigenvalue weighted by molar-refractivity contribution is -0.118. The molecule has 0 aliphatic rings. The van der Waals surface area contributed by atoms with Crippen LogP contribution in [-0.2, 0) is 10.2 Å². The molecule has 0 aromatic carbocycles. The van der Waals surface area contributed by atoms with Crippen molar-refractivity contribution in [3.05, 3.63) is 59.7 Å². The Morgan fingerprint density at radius 2 is 2.06 bits per heavy atom. The second-order valence-corrected chi connectivity index (χ2v) is 9.39. The first-order valence-corrected chi connectivity index (χ1v) is 11.1. The number of carbonyl (C=O) groups is 1. The van der Waals surface area contributed by atoms with Crippen molar-refractivity contribution in [1.82, 2.24) is 15.1 Å². The molecule has 168 valence electrons. The lowest BCUT2D eigenvalue weighted by Gasteiger charge is -2.23. The van der Waals surface area contributed by atoms with Gasteiger partial charge in [0, 0.05) is 41.4 Å². The van der Waals surface area contributed by atoms with Crippen molar-refractivity contribution in [1.29, 1.82) is 0 Å². The largest absolute Gasteiger partial charge is 0.339 e. The van der Waals surface area contributed by atoms with Crippen LogP contribution in [0, 0.1) is 0 Å². The van der Waals surface area contributed by atoms with Crippen molar-refractivity contribution >= 4 is 27.5 Å². The highest BCUT2D eigenvalue weighted by Crippen LogP contribution is 2.26. The van der Waals surface area contributed by atoms with Crippen LogP contribution < -0.4 is 4.90 Å². The summed E-state index contributed by atoms with van der Waals surface area (Å²) in [5.41, 5.74) is 0.470. The third-order valence-corrected chi connectivity index (χ3v) is 5.19. The number of amides is 1. The van der Waals surface area contributed by atoms with E-state index in [1.807, 2.05) is 32.9 Å². The molecule has 0 spiro atoms. The summed E-state index contributed by atoms with van der Waals surface area (Å²) in [7, 11) is 0. The number of unbranched alkanes of at least 4 members (excludes halogenated alkanes) is 1. The minimum atomic E-state index is -0.496. The van der Waals surface area contributed by atoms with Crippen molar-refractivity contribution in [3.63, 3.8) is 0 Å². The Labute approximate surface area is 191 Å². The zero-order valence-corrected chi connectivity index (χ0v) is 20.0. The second-order valence-electron chi connectivity index (χ2n) is 8.47. The Balaban J connectivity index is 1.99. The van der Waals surface area contributed by atoms with Crippen molar-refractivity contribution in [2.75, 3.05) is 11.4 Å². The van der Waals surface area contributed by atoms with E-state index >= 15 is 0 Å². The van der Waals surface area contributed by atoms with Crippen molar-refractivity contribution in [2.24, 2.45) is 0 Å². The summed E-state index contributed by atoms with van der Waals surface area (Å²) in [4.78, 5) is 23.0. The van der Waals surface area contributed by atoms with Gasteiger partial charge in [-0.05, 0) is 34.8 Å². The van der Waals surface area contributed by atoms with E-state index in [-0.39, 0.29) is 30.1 Å². The van der Waals surface area contributed by atoms with E-state index in [1.165, 1.54) is 0 Å². The number of pyridine rings is 1. The van der Waals surface area contributed by atoms with Crippen molar-refractivity contribution in [2.45, 2.75) is 64.2 Å². The summed E-state index contributed by atoms with van der Waals surface area (Å²) >= 11 is 3.39. The molecule has 0 aliphatic carbocycles. The van der Waals surface area contributed by atoms with E-state index in [9.17, 15) is 9.18 Å². The van der Waals surface area contributed by atoms with E-state index in [4.69, 9.17) is 4.52 Å². The summed E-state index contributed by atoms with van der Waals surface area (Å²) < 4.78 is 19.2. The molecule has 0 aliphatic heterocycles. The molecule has 0 saturated carbocycles. The van der Waals surface area contributed by atoms with Gasteiger partial charge in [0.2, 0.25) is 11.8 Å². The topological polar surface area (TPSA) is 72.1 Å². The van der Waals surface area contributed by atoms with Crippen LogP contribution in [0.5, 0.6) is 0 Å². The number of rotatable bonds is 11. The molecule has 1 unspecified atom stereocenters. The zero-order chi connectivity index (χ0) is 23.0. The van der Waals surface area contributed by atoms with Gasteiger partial charge in [-0.15, -0.1) is 6.58 Å². The Hall–Kier alpha value is -2.35. The van der Waals surface area contributed by atoms with Gasteiger partial charge in [0.1, 0.15) is 0 Å². The molecule has 1 amide bonds. The molecule has 2 aromatic heterocycles. The molecular weight excluding hydrogens is 463 g/mol. The van der Waals surface area contributed by atoms with Crippen molar-refractivity contribution in [3.8, 4) is 0 Å². The molecule has 0 radical (unpaired) electrons. The molecule has 6 nitrogen and oxygen atoms in total. The number of halogens is 2. The quantitative estimate of drug-likeness (QED) is 0.273. The van der Waals surface area contributed by atoms with Gasteiger partial charge in [0.05, 0.1) is 17.7 Å². The number of hydrogen-bond donors (Lipinski definition) is 0. The van der Waals surface area contributed by atoms with E-state index in [2.05, 4.69) is 44.2 Å². The Kier molecular flexibility index (Phi) is 9.10. The van der Waals surface area contributed by atoms with E-state index < -0.39 is 5.83 Å². The van der Waals surface area contributed by atoms with Crippen LogP contribution in [0.15, 0.2) is 52.5 Å². The predicted molar refractivity (Wildman–Crippen MR) is 124 cm³/mol. The number of carbonyl (C=O) groups excluding carboxylic acids is 1. The molecular formula is C23H30BrFN4O2. The minimum absolute atomic E-state index is 0.0171. The van der Waals surface area contributed by atoms with Crippen LogP contribution in [0.2, 0.25) is 0 Å². The number of nitrogens with zero attached hydrogens (tertiary/aromatic N) is 4. The number of aromatic nitrogens is 3.